The Kier molecular flexibility index (Phi) is 2.99. The number of nitrogens with zero attached hydrogens (tertiary/aromatic N) is 2. The van der Waals surface area contributed by atoms with E-state index in [2.05, 4.69) is 23.6 Å². The highest BCUT2D eigenvalue weighted by atomic mass is 16.1. The minimum Gasteiger partial charge on any atom is -0.299 e. The second-order valence-corrected chi connectivity index (χ2v) is 6.08. The van der Waals surface area contributed by atoms with Crippen LogP contribution in [0.1, 0.15) is 39.5 Å². The van der Waals surface area contributed by atoms with Crippen LogP contribution < -0.4 is 0 Å². The summed E-state index contributed by atoms with van der Waals surface area (Å²) < 4.78 is 0. The average Bonchev–Trinajstić information content (AvgIpc) is 2.89. The summed E-state index contributed by atoms with van der Waals surface area (Å²) in [6, 6.07) is 1.96. The number of fused-ring (bicyclic) bond motifs is 1. The van der Waals surface area contributed by atoms with Gasteiger partial charge in [0, 0.05) is 43.6 Å². The van der Waals surface area contributed by atoms with Crippen LogP contribution in [-0.4, -0.2) is 53.3 Å². The lowest BCUT2D eigenvalue weighted by Crippen LogP contribution is -2.54. The molecule has 0 spiro atoms. The number of carbonyl (C=O) groups is 1. The largest absolute Gasteiger partial charge is 0.299 e. The first-order valence-electron chi connectivity index (χ1n) is 7.21. The Hall–Kier alpha value is -0.410. The van der Waals surface area contributed by atoms with Gasteiger partial charge in [0.25, 0.3) is 0 Å². The van der Waals surface area contributed by atoms with Crippen LogP contribution in [0.2, 0.25) is 0 Å². The average molecular weight is 236 g/mol. The van der Waals surface area contributed by atoms with Crippen LogP contribution in [0.25, 0.3) is 0 Å². The number of carbonyl (C=O) groups excluding carboxylic acids is 1. The lowest BCUT2D eigenvalue weighted by atomic mass is 9.88. The molecule has 0 bridgehead atoms. The van der Waals surface area contributed by atoms with Crippen LogP contribution >= 0.6 is 0 Å². The van der Waals surface area contributed by atoms with E-state index < -0.39 is 0 Å². The fourth-order valence-electron chi connectivity index (χ4n) is 4.14. The van der Waals surface area contributed by atoms with Crippen molar-refractivity contribution in [2.45, 2.75) is 57.7 Å². The summed E-state index contributed by atoms with van der Waals surface area (Å²) >= 11 is 0. The van der Waals surface area contributed by atoms with Crippen molar-refractivity contribution in [1.82, 2.24) is 9.80 Å². The van der Waals surface area contributed by atoms with Crippen LogP contribution in [-0.2, 0) is 4.79 Å². The van der Waals surface area contributed by atoms with E-state index in [0.717, 1.165) is 25.0 Å². The molecule has 3 rings (SSSR count). The smallest absolute Gasteiger partial charge is 0.138 e. The van der Waals surface area contributed by atoms with Crippen molar-refractivity contribution in [3.05, 3.63) is 0 Å². The molecule has 96 valence electrons. The molecule has 3 aliphatic rings. The van der Waals surface area contributed by atoms with Gasteiger partial charge in [-0.3, -0.25) is 14.6 Å². The number of ketones is 1. The molecule has 0 N–H and O–H groups in total. The van der Waals surface area contributed by atoms with Crippen molar-refractivity contribution < 1.29 is 4.79 Å². The predicted molar refractivity (Wildman–Crippen MR) is 68.0 cm³/mol. The molecule has 0 radical (unpaired) electrons. The SMILES string of the molecule is CC1C(=O)CCN(C2CCN3CCCC23)C1C. The second-order valence-electron chi connectivity index (χ2n) is 6.08. The topological polar surface area (TPSA) is 23.6 Å². The van der Waals surface area contributed by atoms with E-state index >= 15 is 0 Å². The number of hydrogen-bond donors (Lipinski definition) is 0. The summed E-state index contributed by atoms with van der Waals surface area (Å²) in [6.07, 6.45) is 4.83. The molecule has 0 aromatic heterocycles. The zero-order chi connectivity index (χ0) is 12.0. The number of hydrogen-bond acceptors (Lipinski definition) is 3. The Bertz CT molecular complexity index is 317. The number of likely N-dealkylation sites (tertiary alicyclic amines) is 1. The molecule has 3 heteroatoms. The van der Waals surface area contributed by atoms with Crippen LogP contribution in [0.5, 0.6) is 0 Å². The maximum atomic E-state index is 11.8. The zero-order valence-corrected chi connectivity index (χ0v) is 11.1. The Balaban J connectivity index is 1.74. The summed E-state index contributed by atoms with van der Waals surface area (Å²) in [7, 11) is 0. The monoisotopic (exact) mass is 236 g/mol. The van der Waals surface area contributed by atoms with E-state index in [1.165, 1.54) is 32.4 Å². The summed E-state index contributed by atoms with van der Waals surface area (Å²) in [5.74, 6) is 0.703. The van der Waals surface area contributed by atoms with Crippen molar-refractivity contribution in [1.29, 1.82) is 0 Å². The fourth-order valence-corrected chi connectivity index (χ4v) is 4.14. The maximum Gasteiger partial charge on any atom is 0.138 e. The van der Waals surface area contributed by atoms with Gasteiger partial charge in [0.1, 0.15) is 5.78 Å². The molecule has 0 amide bonds. The molecule has 0 aromatic carbocycles. The molecule has 3 heterocycles. The maximum absolute atomic E-state index is 11.8. The highest BCUT2D eigenvalue weighted by Crippen LogP contribution is 2.34. The van der Waals surface area contributed by atoms with Gasteiger partial charge in [0.05, 0.1) is 0 Å². The first-order chi connectivity index (χ1) is 8.18. The highest BCUT2D eigenvalue weighted by Gasteiger charge is 2.44. The van der Waals surface area contributed by atoms with E-state index in [-0.39, 0.29) is 5.92 Å². The normalized spacial score (nSPS) is 44.2. The first kappa shape index (κ1) is 11.7. The van der Waals surface area contributed by atoms with E-state index in [9.17, 15) is 4.79 Å². The summed E-state index contributed by atoms with van der Waals surface area (Å²) in [5.41, 5.74) is 0. The van der Waals surface area contributed by atoms with Gasteiger partial charge in [0.15, 0.2) is 0 Å². The van der Waals surface area contributed by atoms with E-state index in [1.54, 1.807) is 0 Å². The van der Waals surface area contributed by atoms with Crippen LogP contribution in [0.15, 0.2) is 0 Å². The van der Waals surface area contributed by atoms with Crippen LogP contribution in [0.3, 0.4) is 0 Å². The molecule has 0 aromatic rings. The summed E-state index contributed by atoms with van der Waals surface area (Å²) in [6.45, 7) is 7.94. The number of piperidine rings is 1. The Morgan fingerprint density at radius 2 is 1.88 bits per heavy atom. The fraction of sp³-hybridized carbons (Fsp3) is 0.929. The van der Waals surface area contributed by atoms with E-state index in [0.29, 0.717) is 11.8 Å². The van der Waals surface area contributed by atoms with Gasteiger partial charge in [-0.2, -0.15) is 0 Å². The van der Waals surface area contributed by atoms with Gasteiger partial charge in [-0.25, -0.2) is 0 Å². The van der Waals surface area contributed by atoms with Crippen LogP contribution in [0, 0.1) is 5.92 Å². The molecule has 4 unspecified atom stereocenters. The lowest BCUT2D eigenvalue weighted by molar-refractivity contribution is -0.129. The predicted octanol–water partition coefficient (Wildman–Crippen LogP) is 1.52. The third-order valence-corrected chi connectivity index (χ3v) is 5.37. The number of rotatable bonds is 1. The minimum atomic E-state index is 0.235. The molecular weight excluding hydrogens is 212 g/mol. The lowest BCUT2D eigenvalue weighted by Gasteiger charge is -2.42. The standard InChI is InChI=1S/C14H24N2O/c1-10-11(2)16(9-6-14(10)17)13-5-8-15-7-3-4-12(13)15/h10-13H,3-9H2,1-2H3. The zero-order valence-electron chi connectivity index (χ0n) is 11.1. The van der Waals surface area contributed by atoms with Gasteiger partial charge < -0.3 is 0 Å². The molecule has 3 saturated heterocycles. The van der Waals surface area contributed by atoms with Crippen molar-refractivity contribution in [3.63, 3.8) is 0 Å². The molecule has 3 nitrogen and oxygen atoms in total. The Labute approximate surface area is 104 Å². The van der Waals surface area contributed by atoms with Gasteiger partial charge in [0.2, 0.25) is 0 Å². The van der Waals surface area contributed by atoms with Crippen molar-refractivity contribution in [2.24, 2.45) is 5.92 Å². The highest BCUT2D eigenvalue weighted by molar-refractivity contribution is 5.82. The second kappa shape index (κ2) is 4.36. The van der Waals surface area contributed by atoms with Crippen molar-refractivity contribution in [2.75, 3.05) is 19.6 Å². The van der Waals surface area contributed by atoms with Gasteiger partial charge >= 0.3 is 0 Å². The molecule has 17 heavy (non-hydrogen) atoms. The molecule has 3 fully saturated rings. The quantitative estimate of drug-likeness (QED) is 0.690. The molecule has 4 atom stereocenters. The van der Waals surface area contributed by atoms with E-state index in [1.807, 2.05) is 0 Å². The van der Waals surface area contributed by atoms with Gasteiger partial charge in [-0.15, -0.1) is 0 Å². The third-order valence-electron chi connectivity index (χ3n) is 5.37. The Morgan fingerprint density at radius 1 is 1.06 bits per heavy atom. The third kappa shape index (κ3) is 1.84. The first-order valence-corrected chi connectivity index (χ1v) is 7.21. The van der Waals surface area contributed by atoms with E-state index in [4.69, 9.17) is 0 Å². The summed E-state index contributed by atoms with van der Waals surface area (Å²) in [5, 5.41) is 0. The van der Waals surface area contributed by atoms with Crippen LogP contribution in [0.4, 0.5) is 0 Å². The molecule has 3 aliphatic heterocycles. The Morgan fingerprint density at radius 3 is 2.71 bits per heavy atom. The van der Waals surface area contributed by atoms with Gasteiger partial charge in [-0.1, -0.05) is 6.92 Å². The number of Topliss-reactive ketones (excluding diaryl/α,β-unsaturated/α-hetero) is 1. The summed E-state index contributed by atoms with van der Waals surface area (Å²) in [4.78, 5) is 17.1. The van der Waals surface area contributed by atoms with Crippen molar-refractivity contribution >= 4 is 5.78 Å². The van der Waals surface area contributed by atoms with Crippen molar-refractivity contribution in [3.8, 4) is 0 Å². The minimum absolute atomic E-state index is 0.235. The molecule has 0 aliphatic carbocycles. The van der Waals surface area contributed by atoms with Gasteiger partial charge in [-0.05, 0) is 32.7 Å². The molecular formula is C14H24N2O. The molecule has 0 saturated carbocycles.